The van der Waals surface area contributed by atoms with Gasteiger partial charge in [0.1, 0.15) is 18.1 Å². The summed E-state index contributed by atoms with van der Waals surface area (Å²) in [5.74, 6) is 1.78. The van der Waals surface area contributed by atoms with E-state index in [0.29, 0.717) is 36.9 Å². The molecule has 1 N–H and O–H groups in total. The Bertz CT molecular complexity index is 1250. The molecule has 1 atom stereocenters. The topological polar surface area (TPSA) is 75.0 Å². The number of carbonyl (C=O) groups is 2. The van der Waals surface area contributed by atoms with Crippen LogP contribution >= 0.6 is 0 Å². The standard InChI is InChI=1S/C31H39N3O4/c1-21(2)18-29(35)34-16-14-23-10-11-25(19-27(23)30(34)24-8-6-22(3)7-9-24)37-20-26-12-13-28(38-26)31(36)32-15-17-33(4)5/h6-13,19,21,30H,14-18,20H2,1-5H3,(H,32,36). The Morgan fingerprint density at radius 2 is 1.87 bits per heavy atom. The summed E-state index contributed by atoms with van der Waals surface area (Å²) < 4.78 is 11.8. The molecule has 1 aliphatic heterocycles. The van der Waals surface area contributed by atoms with Gasteiger partial charge >= 0.3 is 0 Å². The van der Waals surface area contributed by atoms with Crippen LogP contribution in [0.5, 0.6) is 5.75 Å². The van der Waals surface area contributed by atoms with E-state index in [1.807, 2.05) is 36.0 Å². The average Bonchev–Trinajstić information content (AvgIpc) is 3.36. The Morgan fingerprint density at radius 1 is 1.11 bits per heavy atom. The first-order valence-corrected chi connectivity index (χ1v) is 13.3. The third-order valence-corrected chi connectivity index (χ3v) is 6.75. The maximum atomic E-state index is 13.3. The monoisotopic (exact) mass is 517 g/mol. The van der Waals surface area contributed by atoms with Gasteiger partial charge in [-0.25, -0.2) is 0 Å². The minimum absolute atomic E-state index is 0.157. The highest BCUT2D eigenvalue weighted by Crippen LogP contribution is 2.38. The Kier molecular flexibility index (Phi) is 8.89. The summed E-state index contributed by atoms with van der Waals surface area (Å²) in [6.07, 6.45) is 1.34. The molecule has 3 aromatic rings. The number of carbonyl (C=O) groups excluding carboxylic acids is 2. The molecule has 2 heterocycles. The van der Waals surface area contributed by atoms with Crippen molar-refractivity contribution in [2.45, 2.75) is 46.3 Å². The number of rotatable bonds is 10. The molecule has 1 aliphatic rings. The van der Waals surface area contributed by atoms with Crippen molar-refractivity contribution in [3.8, 4) is 5.75 Å². The summed E-state index contributed by atoms with van der Waals surface area (Å²) in [4.78, 5) is 29.6. The van der Waals surface area contributed by atoms with Gasteiger partial charge in [-0.05, 0) is 74.3 Å². The van der Waals surface area contributed by atoms with Crippen LogP contribution in [0.25, 0.3) is 0 Å². The zero-order valence-electron chi connectivity index (χ0n) is 23.1. The summed E-state index contributed by atoms with van der Waals surface area (Å²) in [6.45, 7) is 8.43. The van der Waals surface area contributed by atoms with Gasteiger partial charge in [0.25, 0.3) is 5.91 Å². The van der Waals surface area contributed by atoms with E-state index >= 15 is 0 Å². The maximum Gasteiger partial charge on any atom is 0.287 e. The number of amides is 2. The molecule has 7 nitrogen and oxygen atoms in total. The van der Waals surface area contributed by atoms with Crippen LogP contribution < -0.4 is 10.1 Å². The van der Waals surface area contributed by atoms with Crippen molar-refractivity contribution in [3.05, 3.63) is 88.4 Å². The highest BCUT2D eigenvalue weighted by atomic mass is 16.5. The predicted molar refractivity (Wildman–Crippen MR) is 148 cm³/mol. The second-order valence-electron chi connectivity index (χ2n) is 10.7. The molecule has 0 saturated carbocycles. The molecule has 38 heavy (non-hydrogen) atoms. The van der Waals surface area contributed by atoms with Gasteiger partial charge in [0, 0.05) is 26.1 Å². The number of ether oxygens (including phenoxy) is 1. The van der Waals surface area contributed by atoms with Gasteiger partial charge in [-0.3, -0.25) is 9.59 Å². The first kappa shape index (κ1) is 27.5. The largest absolute Gasteiger partial charge is 0.486 e. The molecule has 7 heteroatoms. The molecular formula is C31H39N3O4. The second kappa shape index (κ2) is 12.3. The Hall–Kier alpha value is -3.58. The number of aryl methyl sites for hydroxylation is 1. The van der Waals surface area contributed by atoms with Gasteiger partial charge in [0.15, 0.2) is 5.76 Å². The van der Waals surface area contributed by atoms with Gasteiger partial charge in [-0.1, -0.05) is 49.7 Å². The second-order valence-corrected chi connectivity index (χ2v) is 10.7. The molecule has 0 radical (unpaired) electrons. The van der Waals surface area contributed by atoms with Crippen LogP contribution in [-0.4, -0.2) is 55.3 Å². The molecule has 202 valence electrons. The number of furan rings is 1. The number of benzene rings is 2. The molecule has 0 bridgehead atoms. The van der Waals surface area contributed by atoms with Crippen molar-refractivity contribution in [2.24, 2.45) is 5.92 Å². The molecule has 0 saturated heterocycles. The molecule has 0 spiro atoms. The third-order valence-electron chi connectivity index (χ3n) is 6.75. The minimum Gasteiger partial charge on any atom is -0.486 e. The van der Waals surface area contributed by atoms with Crippen LogP contribution in [0.15, 0.2) is 59.0 Å². The molecule has 1 unspecified atom stereocenters. The maximum absolute atomic E-state index is 13.3. The zero-order chi connectivity index (χ0) is 27.2. The molecule has 2 amide bonds. The fraction of sp³-hybridized carbons (Fsp3) is 0.419. The van der Waals surface area contributed by atoms with E-state index in [-0.39, 0.29) is 30.2 Å². The van der Waals surface area contributed by atoms with Gasteiger partial charge in [0.05, 0.1) is 6.04 Å². The molecular weight excluding hydrogens is 478 g/mol. The van der Waals surface area contributed by atoms with E-state index in [2.05, 4.69) is 56.4 Å². The third kappa shape index (κ3) is 6.84. The summed E-state index contributed by atoms with van der Waals surface area (Å²) in [6, 6.07) is 17.8. The smallest absolute Gasteiger partial charge is 0.287 e. The van der Waals surface area contributed by atoms with E-state index in [1.165, 1.54) is 11.1 Å². The number of fused-ring (bicyclic) bond motifs is 1. The molecule has 1 aromatic heterocycles. The molecule has 0 fully saturated rings. The fourth-order valence-electron chi connectivity index (χ4n) is 4.74. The van der Waals surface area contributed by atoms with E-state index in [9.17, 15) is 9.59 Å². The fourth-order valence-corrected chi connectivity index (χ4v) is 4.74. The van der Waals surface area contributed by atoms with Crippen LogP contribution in [-0.2, 0) is 17.8 Å². The van der Waals surface area contributed by atoms with Crippen LogP contribution in [0, 0.1) is 12.8 Å². The van der Waals surface area contributed by atoms with Gasteiger partial charge in [-0.15, -0.1) is 0 Å². The minimum atomic E-state index is -0.237. The number of hydrogen-bond donors (Lipinski definition) is 1. The van der Waals surface area contributed by atoms with Crippen molar-refractivity contribution < 1.29 is 18.7 Å². The van der Waals surface area contributed by atoms with E-state index in [1.54, 1.807) is 12.1 Å². The Labute approximate surface area is 225 Å². The van der Waals surface area contributed by atoms with Crippen LogP contribution in [0.3, 0.4) is 0 Å². The lowest BCUT2D eigenvalue weighted by atomic mass is 9.87. The molecule has 0 aliphatic carbocycles. The number of hydrogen-bond acceptors (Lipinski definition) is 5. The van der Waals surface area contributed by atoms with Crippen molar-refractivity contribution >= 4 is 11.8 Å². The van der Waals surface area contributed by atoms with Gasteiger partial charge < -0.3 is 24.3 Å². The SMILES string of the molecule is Cc1ccc(C2c3cc(OCc4ccc(C(=O)NCCN(C)C)o4)ccc3CCN2C(=O)CC(C)C)cc1. The zero-order valence-corrected chi connectivity index (χ0v) is 23.1. The van der Waals surface area contributed by atoms with Gasteiger partial charge in [0.2, 0.25) is 5.91 Å². The van der Waals surface area contributed by atoms with E-state index in [0.717, 1.165) is 24.1 Å². The molecule has 2 aromatic carbocycles. The van der Waals surface area contributed by atoms with Crippen molar-refractivity contribution in [1.82, 2.24) is 15.1 Å². The Morgan fingerprint density at radius 3 is 2.58 bits per heavy atom. The Balaban J connectivity index is 1.51. The predicted octanol–water partition coefficient (Wildman–Crippen LogP) is 4.98. The first-order chi connectivity index (χ1) is 18.2. The average molecular weight is 518 g/mol. The van der Waals surface area contributed by atoms with Crippen LogP contribution in [0.2, 0.25) is 0 Å². The quantitative estimate of drug-likeness (QED) is 0.411. The van der Waals surface area contributed by atoms with Crippen molar-refractivity contribution in [1.29, 1.82) is 0 Å². The number of likely N-dealkylation sites (N-methyl/N-ethyl adjacent to an activating group) is 1. The lowest BCUT2D eigenvalue weighted by molar-refractivity contribution is -0.134. The number of nitrogens with one attached hydrogen (secondary N) is 1. The van der Waals surface area contributed by atoms with Gasteiger partial charge in [-0.2, -0.15) is 0 Å². The van der Waals surface area contributed by atoms with E-state index in [4.69, 9.17) is 9.15 Å². The normalized spacial score (nSPS) is 15.0. The van der Waals surface area contributed by atoms with Crippen LogP contribution in [0.4, 0.5) is 0 Å². The van der Waals surface area contributed by atoms with Crippen LogP contribution in [0.1, 0.15) is 64.9 Å². The summed E-state index contributed by atoms with van der Waals surface area (Å²) in [5.41, 5.74) is 4.61. The number of nitrogens with zero attached hydrogens (tertiary/aromatic N) is 2. The highest BCUT2D eigenvalue weighted by Gasteiger charge is 2.32. The summed E-state index contributed by atoms with van der Waals surface area (Å²) in [7, 11) is 3.92. The highest BCUT2D eigenvalue weighted by molar-refractivity contribution is 5.91. The van der Waals surface area contributed by atoms with Crippen molar-refractivity contribution in [3.63, 3.8) is 0 Å². The lowest BCUT2D eigenvalue weighted by Gasteiger charge is -2.38. The molecule has 4 rings (SSSR count). The first-order valence-electron chi connectivity index (χ1n) is 13.3. The summed E-state index contributed by atoms with van der Waals surface area (Å²) >= 11 is 0. The lowest BCUT2D eigenvalue weighted by Crippen LogP contribution is -2.41. The summed E-state index contributed by atoms with van der Waals surface area (Å²) in [5, 5.41) is 2.85. The van der Waals surface area contributed by atoms with E-state index < -0.39 is 0 Å². The van der Waals surface area contributed by atoms with Crippen molar-refractivity contribution in [2.75, 3.05) is 33.7 Å².